The Labute approximate surface area is 222 Å². The third-order valence-corrected chi connectivity index (χ3v) is 7.93. The van der Waals surface area contributed by atoms with Gasteiger partial charge in [0.1, 0.15) is 11.4 Å². The highest BCUT2D eigenvalue weighted by Gasteiger charge is 2.47. The highest BCUT2D eigenvalue weighted by molar-refractivity contribution is 5.35. The predicted molar refractivity (Wildman–Crippen MR) is 137 cm³/mol. The number of fused-ring (bicyclic) bond motifs is 2. The van der Waals surface area contributed by atoms with Gasteiger partial charge in [0.15, 0.2) is 0 Å². The highest BCUT2D eigenvalue weighted by Crippen LogP contribution is 2.42. The van der Waals surface area contributed by atoms with E-state index in [0.717, 1.165) is 33.9 Å². The minimum atomic E-state index is -4.83. The molecule has 1 saturated heterocycles. The van der Waals surface area contributed by atoms with Crippen LogP contribution in [0.4, 0.5) is 17.6 Å². The molecule has 2 aliphatic rings. The number of benzene rings is 2. The van der Waals surface area contributed by atoms with E-state index in [-0.39, 0.29) is 24.4 Å². The van der Waals surface area contributed by atoms with Crippen molar-refractivity contribution in [1.82, 2.24) is 14.0 Å². The van der Waals surface area contributed by atoms with E-state index in [1.807, 2.05) is 6.92 Å². The van der Waals surface area contributed by atoms with Crippen LogP contribution < -0.4 is 17.0 Å². The first-order chi connectivity index (χ1) is 18.6. The number of nitrogens with two attached hydrogens (primary N) is 1. The molecule has 1 aromatic heterocycles. The van der Waals surface area contributed by atoms with Crippen LogP contribution in [0.2, 0.25) is 0 Å². The minimum Gasteiger partial charge on any atom is -0.364 e. The summed E-state index contributed by atoms with van der Waals surface area (Å²) < 4.78 is 64.5. The Hall–Kier alpha value is -3.28. The van der Waals surface area contributed by atoms with E-state index in [4.69, 9.17) is 10.5 Å². The van der Waals surface area contributed by atoms with Gasteiger partial charge in [-0.2, -0.15) is 13.2 Å². The molecule has 1 fully saturated rings. The smallest absolute Gasteiger partial charge is 0.364 e. The normalized spacial score (nSPS) is 17.9. The fourth-order valence-corrected chi connectivity index (χ4v) is 5.72. The average molecular weight is 547 g/mol. The standard InChI is InChI=1S/C28H30F4N4O3/c1-2-34-13-11-27(12-14-34)24-23(17-39-27)35(15-19-20(28(30,31)32)9-6-10-21(19)29)26(38)36(25(24)37)16-22(33)18-7-4-3-5-8-18/h3-10,22H,2,11-17,33H2,1H3/t22-/m0/s1. The number of ether oxygens (including phenoxy) is 1. The second-order valence-corrected chi connectivity index (χ2v) is 10.1. The summed E-state index contributed by atoms with van der Waals surface area (Å²) >= 11 is 0. The Bertz CT molecular complexity index is 1480. The van der Waals surface area contributed by atoms with Crippen LogP contribution in [0.1, 0.15) is 53.8 Å². The highest BCUT2D eigenvalue weighted by atomic mass is 19.4. The molecule has 2 aromatic carbocycles. The summed E-state index contributed by atoms with van der Waals surface area (Å²) in [4.78, 5) is 29.9. The van der Waals surface area contributed by atoms with Crippen LogP contribution in [0, 0.1) is 5.82 Å². The molecule has 0 amide bonds. The van der Waals surface area contributed by atoms with Gasteiger partial charge in [-0.3, -0.25) is 13.9 Å². The van der Waals surface area contributed by atoms with Crippen molar-refractivity contribution in [2.75, 3.05) is 19.6 Å². The lowest BCUT2D eigenvalue weighted by Crippen LogP contribution is -2.49. The second kappa shape index (κ2) is 10.4. The van der Waals surface area contributed by atoms with E-state index in [9.17, 15) is 27.2 Å². The Kier molecular flexibility index (Phi) is 7.25. The summed E-state index contributed by atoms with van der Waals surface area (Å²) in [6, 6.07) is 10.8. The van der Waals surface area contributed by atoms with Crippen LogP contribution in [0.3, 0.4) is 0 Å². The molecule has 5 rings (SSSR count). The van der Waals surface area contributed by atoms with Gasteiger partial charge >= 0.3 is 11.9 Å². The molecular formula is C28H30F4N4O3. The van der Waals surface area contributed by atoms with Crippen molar-refractivity contribution in [2.45, 2.75) is 57.3 Å². The topological polar surface area (TPSA) is 82.5 Å². The number of rotatable bonds is 6. The zero-order chi connectivity index (χ0) is 27.9. The van der Waals surface area contributed by atoms with Crippen LogP contribution in [-0.2, 0) is 36.2 Å². The first-order valence-electron chi connectivity index (χ1n) is 12.9. The summed E-state index contributed by atoms with van der Waals surface area (Å²) in [5.41, 5.74) is 3.26. The quantitative estimate of drug-likeness (QED) is 0.477. The molecule has 11 heteroatoms. The zero-order valence-electron chi connectivity index (χ0n) is 21.5. The number of nitrogens with zero attached hydrogens (tertiary/aromatic N) is 3. The summed E-state index contributed by atoms with van der Waals surface area (Å²) in [7, 11) is 0. The van der Waals surface area contributed by atoms with Crippen LogP contribution in [-0.4, -0.2) is 33.7 Å². The van der Waals surface area contributed by atoms with Crippen molar-refractivity contribution in [3.63, 3.8) is 0 Å². The maximum Gasteiger partial charge on any atom is 0.416 e. The number of aromatic nitrogens is 2. The molecule has 7 nitrogen and oxygen atoms in total. The molecule has 2 N–H and O–H groups in total. The molecule has 2 aliphatic heterocycles. The lowest BCUT2D eigenvalue weighted by molar-refractivity contribution is -0.138. The molecule has 0 aliphatic carbocycles. The molecule has 39 heavy (non-hydrogen) atoms. The number of alkyl halides is 3. The second-order valence-electron chi connectivity index (χ2n) is 10.1. The van der Waals surface area contributed by atoms with Crippen molar-refractivity contribution in [2.24, 2.45) is 5.73 Å². The van der Waals surface area contributed by atoms with Crippen molar-refractivity contribution in [1.29, 1.82) is 0 Å². The number of likely N-dealkylation sites (tertiary alicyclic amines) is 1. The molecule has 0 bridgehead atoms. The van der Waals surface area contributed by atoms with E-state index in [1.165, 1.54) is 0 Å². The van der Waals surface area contributed by atoms with Crippen LogP contribution >= 0.6 is 0 Å². The molecular weight excluding hydrogens is 516 g/mol. The Morgan fingerprint density at radius 2 is 1.72 bits per heavy atom. The maximum atomic E-state index is 14.9. The van der Waals surface area contributed by atoms with Gasteiger partial charge in [-0.15, -0.1) is 0 Å². The molecule has 3 heterocycles. The first kappa shape index (κ1) is 27.3. The molecule has 0 radical (unpaired) electrons. The molecule has 1 spiro atoms. The lowest BCUT2D eigenvalue weighted by atomic mass is 9.85. The monoisotopic (exact) mass is 546 g/mol. The van der Waals surface area contributed by atoms with Gasteiger partial charge in [-0.1, -0.05) is 43.3 Å². The van der Waals surface area contributed by atoms with Gasteiger partial charge in [0.05, 0.1) is 36.5 Å². The van der Waals surface area contributed by atoms with E-state index < -0.39 is 52.6 Å². The van der Waals surface area contributed by atoms with E-state index in [2.05, 4.69) is 4.90 Å². The third-order valence-electron chi connectivity index (χ3n) is 7.93. The molecule has 1 atom stereocenters. The number of hydrogen-bond acceptors (Lipinski definition) is 5. The summed E-state index contributed by atoms with van der Waals surface area (Å²) in [6.07, 6.45) is -3.86. The molecule has 0 unspecified atom stereocenters. The number of hydrogen-bond donors (Lipinski definition) is 1. The van der Waals surface area contributed by atoms with E-state index in [0.29, 0.717) is 31.5 Å². The lowest BCUT2D eigenvalue weighted by Gasteiger charge is -2.38. The zero-order valence-corrected chi connectivity index (χ0v) is 21.5. The van der Waals surface area contributed by atoms with Crippen LogP contribution in [0.25, 0.3) is 0 Å². The molecule has 3 aromatic rings. The predicted octanol–water partition coefficient (Wildman–Crippen LogP) is 3.76. The Balaban J connectivity index is 1.68. The first-order valence-corrected chi connectivity index (χ1v) is 12.9. The van der Waals surface area contributed by atoms with Gasteiger partial charge in [0, 0.05) is 24.7 Å². The fourth-order valence-electron chi connectivity index (χ4n) is 5.72. The summed E-state index contributed by atoms with van der Waals surface area (Å²) in [6.45, 7) is 3.13. The summed E-state index contributed by atoms with van der Waals surface area (Å²) in [5, 5.41) is 0. The number of piperidine rings is 1. The van der Waals surface area contributed by atoms with Gasteiger partial charge in [-0.25, -0.2) is 9.18 Å². The van der Waals surface area contributed by atoms with E-state index in [1.54, 1.807) is 30.3 Å². The van der Waals surface area contributed by atoms with Gasteiger partial charge in [0.25, 0.3) is 5.56 Å². The van der Waals surface area contributed by atoms with Crippen molar-refractivity contribution < 1.29 is 22.3 Å². The van der Waals surface area contributed by atoms with E-state index >= 15 is 0 Å². The average Bonchev–Trinajstić information content (AvgIpc) is 3.28. The Morgan fingerprint density at radius 1 is 1.03 bits per heavy atom. The van der Waals surface area contributed by atoms with Crippen molar-refractivity contribution in [3.8, 4) is 0 Å². The van der Waals surface area contributed by atoms with Crippen molar-refractivity contribution in [3.05, 3.63) is 103 Å². The van der Waals surface area contributed by atoms with Gasteiger partial charge < -0.3 is 15.4 Å². The Morgan fingerprint density at radius 3 is 2.36 bits per heavy atom. The maximum absolute atomic E-state index is 14.9. The third kappa shape index (κ3) is 4.94. The van der Waals surface area contributed by atoms with Gasteiger partial charge in [-0.05, 0) is 37.1 Å². The minimum absolute atomic E-state index is 0.132. The fraction of sp³-hybridized carbons (Fsp3) is 0.429. The largest absolute Gasteiger partial charge is 0.416 e. The van der Waals surface area contributed by atoms with Crippen molar-refractivity contribution >= 4 is 0 Å². The van der Waals surface area contributed by atoms with Crippen LogP contribution in [0.5, 0.6) is 0 Å². The van der Waals surface area contributed by atoms with Gasteiger partial charge in [0.2, 0.25) is 0 Å². The van der Waals surface area contributed by atoms with Crippen LogP contribution in [0.15, 0.2) is 58.1 Å². The SMILES string of the molecule is CCN1CCC2(CC1)OCc1c2c(=O)n(C[C@H](N)c2ccccc2)c(=O)n1Cc1c(F)cccc1C(F)(F)F. The summed E-state index contributed by atoms with van der Waals surface area (Å²) in [5.74, 6) is -1.09. The molecule has 0 saturated carbocycles. The molecule has 208 valence electrons. The number of halogens is 4.